The molecule has 0 amide bonds. The molecule has 0 bridgehead atoms. The van der Waals surface area contributed by atoms with Crippen LogP contribution in [-0.4, -0.2) is 33.6 Å². The van der Waals surface area contributed by atoms with Crippen molar-refractivity contribution in [2.45, 2.75) is 11.8 Å². The van der Waals surface area contributed by atoms with Crippen LogP contribution in [0.25, 0.3) is 11.3 Å². The van der Waals surface area contributed by atoms with Crippen molar-refractivity contribution < 1.29 is 23.5 Å². The van der Waals surface area contributed by atoms with E-state index in [-0.39, 0.29) is 25.1 Å². The van der Waals surface area contributed by atoms with Gasteiger partial charge in [0.2, 0.25) is 6.79 Å². The molecule has 9 heteroatoms. The Balaban J connectivity index is 1.31. The molecule has 0 N–H and O–H groups in total. The van der Waals surface area contributed by atoms with Crippen LogP contribution in [0.4, 0.5) is 0 Å². The zero-order valence-corrected chi connectivity index (χ0v) is 14.3. The molecule has 0 spiro atoms. The minimum absolute atomic E-state index is 0.0308. The number of aromatic nitrogens is 3. The van der Waals surface area contributed by atoms with Gasteiger partial charge in [-0.05, 0) is 24.3 Å². The van der Waals surface area contributed by atoms with Gasteiger partial charge in [0, 0.05) is 24.0 Å². The van der Waals surface area contributed by atoms with Crippen molar-refractivity contribution in [2.24, 2.45) is 0 Å². The summed E-state index contributed by atoms with van der Waals surface area (Å²) >= 11 is 1.21. The summed E-state index contributed by atoms with van der Waals surface area (Å²) in [5.41, 5.74) is 1.32. The molecule has 132 valence electrons. The lowest BCUT2D eigenvalue weighted by molar-refractivity contribution is -0.141. The van der Waals surface area contributed by atoms with Crippen LogP contribution in [0.2, 0.25) is 0 Å². The maximum Gasteiger partial charge on any atom is 0.316 e. The average Bonchev–Trinajstić information content (AvgIpc) is 3.34. The van der Waals surface area contributed by atoms with Crippen LogP contribution in [0.15, 0.2) is 52.4 Å². The second-order valence-corrected chi connectivity index (χ2v) is 6.17. The van der Waals surface area contributed by atoms with Crippen molar-refractivity contribution >= 4 is 17.7 Å². The van der Waals surface area contributed by atoms with E-state index in [4.69, 9.17) is 18.7 Å². The van der Waals surface area contributed by atoms with Crippen molar-refractivity contribution in [1.82, 2.24) is 15.1 Å². The van der Waals surface area contributed by atoms with E-state index in [9.17, 15) is 4.79 Å². The quantitative estimate of drug-likeness (QED) is 0.368. The molecule has 4 rings (SSSR count). The van der Waals surface area contributed by atoms with E-state index in [0.717, 1.165) is 5.56 Å². The maximum atomic E-state index is 11.8. The number of carbonyl (C=O) groups excluding carboxylic acids is 1. The van der Waals surface area contributed by atoms with Gasteiger partial charge in [-0.3, -0.25) is 4.79 Å². The van der Waals surface area contributed by atoms with E-state index >= 15 is 0 Å². The van der Waals surface area contributed by atoms with Crippen molar-refractivity contribution in [3.05, 3.63) is 48.4 Å². The summed E-state index contributed by atoms with van der Waals surface area (Å²) in [6, 6.07) is 8.90. The van der Waals surface area contributed by atoms with Gasteiger partial charge in [-0.25, -0.2) is 9.97 Å². The SMILES string of the molecule is O=C(CSc1ncccn1)OCc1cc(-c2ccc3c(c2)OCO3)on1. The van der Waals surface area contributed by atoms with Crippen molar-refractivity contribution in [1.29, 1.82) is 0 Å². The lowest BCUT2D eigenvalue weighted by Gasteiger charge is -2.01. The number of fused-ring (bicyclic) bond motifs is 1. The van der Waals surface area contributed by atoms with E-state index < -0.39 is 0 Å². The normalized spacial score (nSPS) is 12.2. The Morgan fingerprint density at radius 3 is 2.88 bits per heavy atom. The molecule has 0 atom stereocenters. The molecule has 1 aromatic carbocycles. The van der Waals surface area contributed by atoms with Crippen molar-refractivity contribution in [3.8, 4) is 22.8 Å². The molecule has 26 heavy (non-hydrogen) atoms. The standard InChI is InChI=1S/C17H13N3O5S/c21-16(9-26-17-18-4-1-5-19-17)22-8-12-7-14(25-20-12)11-2-3-13-15(6-11)24-10-23-13/h1-7H,8-10H2. The van der Waals surface area contributed by atoms with Crippen LogP contribution in [-0.2, 0) is 16.1 Å². The highest BCUT2D eigenvalue weighted by Crippen LogP contribution is 2.36. The van der Waals surface area contributed by atoms with Gasteiger partial charge in [-0.1, -0.05) is 16.9 Å². The molecule has 0 saturated carbocycles. The van der Waals surface area contributed by atoms with Gasteiger partial charge in [0.05, 0.1) is 5.75 Å². The Bertz CT molecular complexity index is 916. The first-order chi connectivity index (χ1) is 12.8. The van der Waals surface area contributed by atoms with Crippen LogP contribution in [0.5, 0.6) is 11.5 Å². The second kappa shape index (κ2) is 7.44. The maximum absolute atomic E-state index is 11.8. The van der Waals surface area contributed by atoms with Gasteiger partial charge in [0.1, 0.15) is 12.3 Å². The van der Waals surface area contributed by atoms with Crippen LogP contribution < -0.4 is 9.47 Å². The Labute approximate surface area is 152 Å². The minimum atomic E-state index is -0.380. The van der Waals surface area contributed by atoms with Crippen molar-refractivity contribution in [2.75, 3.05) is 12.5 Å². The predicted molar refractivity (Wildman–Crippen MR) is 90.6 cm³/mol. The summed E-state index contributed by atoms with van der Waals surface area (Å²) < 4.78 is 21.1. The lowest BCUT2D eigenvalue weighted by Crippen LogP contribution is -2.07. The summed E-state index contributed by atoms with van der Waals surface area (Å²) in [6.45, 7) is 0.242. The Hall–Kier alpha value is -3.07. The third-order valence-corrected chi connectivity index (χ3v) is 4.31. The molecule has 3 aromatic rings. The van der Waals surface area contributed by atoms with E-state index in [2.05, 4.69) is 15.1 Å². The van der Waals surface area contributed by atoms with E-state index in [1.165, 1.54) is 11.8 Å². The molecule has 0 saturated heterocycles. The summed E-state index contributed by atoms with van der Waals surface area (Å²) in [6.07, 6.45) is 3.24. The Kier molecular flexibility index (Phi) is 4.69. The third kappa shape index (κ3) is 3.77. The molecule has 0 radical (unpaired) electrons. The Morgan fingerprint density at radius 1 is 1.15 bits per heavy atom. The fraction of sp³-hybridized carbons (Fsp3) is 0.176. The van der Waals surface area contributed by atoms with Gasteiger partial charge in [0.25, 0.3) is 0 Å². The molecule has 2 aromatic heterocycles. The highest BCUT2D eigenvalue weighted by atomic mass is 32.2. The molecule has 0 aliphatic carbocycles. The van der Waals surface area contributed by atoms with Crippen LogP contribution >= 0.6 is 11.8 Å². The molecule has 0 unspecified atom stereocenters. The topological polar surface area (TPSA) is 96.6 Å². The Morgan fingerprint density at radius 2 is 2.00 bits per heavy atom. The number of esters is 1. The molecule has 3 heterocycles. The molecule has 1 aliphatic heterocycles. The van der Waals surface area contributed by atoms with Gasteiger partial charge in [-0.15, -0.1) is 0 Å². The lowest BCUT2D eigenvalue weighted by atomic mass is 10.1. The summed E-state index contributed by atoms with van der Waals surface area (Å²) in [7, 11) is 0. The molecular weight excluding hydrogens is 358 g/mol. The van der Waals surface area contributed by atoms with E-state index in [0.29, 0.717) is 28.1 Å². The zero-order chi connectivity index (χ0) is 17.8. The number of carbonyl (C=O) groups is 1. The number of nitrogens with zero attached hydrogens (tertiary/aromatic N) is 3. The van der Waals surface area contributed by atoms with E-state index in [1.54, 1.807) is 24.5 Å². The molecule has 1 aliphatic rings. The zero-order valence-electron chi connectivity index (χ0n) is 13.5. The van der Waals surface area contributed by atoms with Gasteiger partial charge in [0.15, 0.2) is 22.4 Å². The van der Waals surface area contributed by atoms with E-state index in [1.807, 2.05) is 18.2 Å². The highest BCUT2D eigenvalue weighted by molar-refractivity contribution is 7.99. The molecular formula is C17H13N3O5S. The number of ether oxygens (including phenoxy) is 3. The fourth-order valence-corrected chi connectivity index (χ4v) is 2.85. The monoisotopic (exact) mass is 371 g/mol. The van der Waals surface area contributed by atoms with Crippen LogP contribution in [0.3, 0.4) is 0 Å². The predicted octanol–water partition coefficient (Wildman–Crippen LogP) is 2.70. The second-order valence-electron chi connectivity index (χ2n) is 5.23. The average molecular weight is 371 g/mol. The third-order valence-electron chi connectivity index (χ3n) is 3.46. The fourth-order valence-electron chi connectivity index (χ4n) is 2.25. The van der Waals surface area contributed by atoms with Gasteiger partial charge in [-0.2, -0.15) is 0 Å². The van der Waals surface area contributed by atoms with Crippen LogP contribution in [0, 0.1) is 0 Å². The summed E-state index contributed by atoms with van der Waals surface area (Å²) in [4.78, 5) is 19.9. The first-order valence-electron chi connectivity index (χ1n) is 7.69. The van der Waals surface area contributed by atoms with Crippen LogP contribution in [0.1, 0.15) is 5.69 Å². The number of hydrogen-bond donors (Lipinski definition) is 0. The van der Waals surface area contributed by atoms with Gasteiger partial charge >= 0.3 is 5.97 Å². The minimum Gasteiger partial charge on any atom is -0.458 e. The van der Waals surface area contributed by atoms with Crippen molar-refractivity contribution in [3.63, 3.8) is 0 Å². The van der Waals surface area contributed by atoms with Gasteiger partial charge < -0.3 is 18.7 Å². The first kappa shape index (κ1) is 16.4. The number of thioether (sulfide) groups is 1. The first-order valence-corrected chi connectivity index (χ1v) is 8.67. The summed E-state index contributed by atoms with van der Waals surface area (Å²) in [5, 5.41) is 4.44. The smallest absolute Gasteiger partial charge is 0.316 e. The number of rotatable bonds is 6. The molecule has 8 nitrogen and oxygen atoms in total. The molecule has 0 fully saturated rings. The number of benzene rings is 1. The number of hydrogen-bond acceptors (Lipinski definition) is 9. The highest BCUT2D eigenvalue weighted by Gasteiger charge is 2.16. The summed E-state index contributed by atoms with van der Waals surface area (Å²) in [5.74, 6) is 1.66. The largest absolute Gasteiger partial charge is 0.458 e.